The minimum absolute atomic E-state index is 0.264. The number of ether oxygens (including phenoxy) is 1. The smallest absolute Gasteiger partial charge is 0.241 e. The lowest BCUT2D eigenvalue weighted by atomic mass is 10.1. The van der Waals surface area contributed by atoms with Crippen molar-refractivity contribution < 1.29 is 9.53 Å². The van der Waals surface area contributed by atoms with Gasteiger partial charge in [0.2, 0.25) is 5.91 Å². The lowest BCUT2D eigenvalue weighted by Gasteiger charge is -2.10. The standard InChI is InChI=1S/C11H15N3O2S/c1-16-5-2-3-9(13)10(15)14-11-8(7-12)4-6-17-11/h4,6,9H,2-3,5,13H2,1H3,(H,14,15). The quantitative estimate of drug-likeness (QED) is 0.748. The molecule has 0 aliphatic carbocycles. The third-order valence-electron chi connectivity index (χ3n) is 2.22. The molecule has 92 valence electrons. The molecule has 1 aromatic heterocycles. The summed E-state index contributed by atoms with van der Waals surface area (Å²) in [6.07, 6.45) is 1.30. The number of hydrogen-bond acceptors (Lipinski definition) is 5. The summed E-state index contributed by atoms with van der Waals surface area (Å²) in [5.41, 5.74) is 6.19. The first-order valence-electron chi connectivity index (χ1n) is 5.22. The molecule has 1 rings (SSSR count). The molecule has 1 atom stereocenters. The fourth-order valence-electron chi connectivity index (χ4n) is 1.28. The lowest BCUT2D eigenvalue weighted by Crippen LogP contribution is -2.35. The van der Waals surface area contributed by atoms with Crippen LogP contribution in [-0.4, -0.2) is 25.7 Å². The molecule has 0 saturated heterocycles. The number of nitrogens with zero attached hydrogens (tertiary/aromatic N) is 1. The Morgan fingerprint density at radius 2 is 2.53 bits per heavy atom. The fourth-order valence-corrected chi connectivity index (χ4v) is 2.02. The van der Waals surface area contributed by atoms with Gasteiger partial charge in [0.1, 0.15) is 11.1 Å². The summed E-state index contributed by atoms with van der Waals surface area (Å²) in [4.78, 5) is 11.7. The van der Waals surface area contributed by atoms with Gasteiger partial charge >= 0.3 is 0 Å². The maximum Gasteiger partial charge on any atom is 0.241 e. The van der Waals surface area contributed by atoms with Gasteiger partial charge < -0.3 is 15.8 Å². The largest absolute Gasteiger partial charge is 0.385 e. The van der Waals surface area contributed by atoms with Gasteiger partial charge in [0.05, 0.1) is 11.6 Å². The fraction of sp³-hybridized carbons (Fsp3) is 0.455. The molecule has 0 radical (unpaired) electrons. The monoisotopic (exact) mass is 253 g/mol. The molecular formula is C11H15N3O2S. The van der Waals surface area contributed by atoms with Crippen molar-refractivity contribution in [1.29, 1.82) is 5.26 Å². The molecule has 1 aromatic rings. The number of nitrogens with one attached hydrogen (secondary N) is 1. The van der Waals surface area contributed by atoms with Crippen LogP contribution in [0, 0.1) is 11.3 Å². The molecule has 0 aromatic carbocycles. The van der Waals surface area contributed by atoms with Gasteiger partial charge in [0, 0.05) is 13.7 Å². The number of nitriles is 1. The summed E-state index contributed by atoms with van der Waals surface area (Å²) in [5, 5.41) is 13.8. The zero-order valence-electron chi connectivity index (χ0n) is 9.60. The van der Waals surface area contributed by atoms with Crippen molar-refractivity contribution in [3.63, 3.8) is 0 Å². The van der Waals surface area contributed by atoms with Crippen molar-refractivity contribution in [2.45, 2.75) is 18.9 Å². The minimum atomic E-state index is -0.571. The van der Waals surface area contributed by atoms with Crippen LogP contribution < -0.4 is 11.1 Å². The summed E-state index contributed by atoms with van der Waals surface area (Å²) in [5.74, 6) is -0.264. The van der Waals surface area contributed by atoms with Gasteiger partial charge in [-0.1, -0.05) is 0 Å². The summed E-state index contributed by atoms with van der Waals surface area (Å²) in [6.45, 7) is 0.587. The summed E-state index contributed by atoms with van der Waals surface area (Å²) >= 11 is 1.31. The first kappa shape index (κ1) is 13.6. The highest BCUT2D eigenvalue weighted by Gasteiger charge is 2.15. The van der Waals surface area contributed by atoms with Gasteiger partial charge in [0.25, 0.3) is 0 Å². The van der Waals surface area contributed by atoms with E-state index in [1.807, 2.05) is 6.07 Å². The second-order valence-corrected chi connectivity index (χ2v) is 4.42. The van der Waals surface area contributed by atoms with Gasteiger partial charge in [-0.15, -0.1) is 11.3 Å². The molecule has 0 saturated carbocycles. The van der Waals surface area contributed by atoms with Gasteiger partial charge in [-0.2, -0.15) is 5.26 Å². The maximum absolute atomic E-state index is 11.7. The number of carbonyl (C=O) groups excluding carboxylic acids is 1. The number of hydrogen-bond donors (Lipinski definition) is 2. The molecule has 6 heteroatoms. The summed E-state index contributed by atoms with van der Waals surface area (Å²) < 4.78 is 4.89. The molecular weight excluding hydrogens is 238 g/mol. The number of nitrogens with two attached hydrogens (primary N) is 1. The highest BCUT2D eigenvalue weighted by atomic mass is 32.1. The van der Waals surface area contributed by atoms with Gasteiger partial charge in [-0.3, -0.25) is 4.79 Å². The van der Waals surface area contributed by atoms with E-state index < -0.39 is 6.04 Å². The van der Waals surface area contributed by atoms with Gasteiger partial charge in [0.15, 0.2) is 0 Å². The maximum atomic E-state index is 11.7. The van der Waals surface area contributed by atoms with E-state index in [0.717, 1.165) is 6.42 Å². The second-order valence-electron chi connectivity index (χ2n) is 3.51. The van der Waals surface area contributed by atoms with E-state index >= 15 is 0 Å². The van der Waals surface area contributed by atoms with E-state index in [1.165, 1.54) is 11.3 Å². The SMILES string of the molecule is COCCCC(N)C(=O)Nc1sccc1C#N. The van der Waals surface area contributed by atoms with Crippen LogP contribution in [0.5, 0.6) is 0 Å². The number of thiophene rings is 1. The molecule has 0 spiro atoms. The topological polar surface area (TPSA) is 88.1 Å². The molecule has 3 N–H and O–H groups in total. The van der Waals surface area contributed by atoms with Crippen LogP contribution in [0.3, 0.4) is 0 Å². The lowest BCUT2D eigenvalue weighted by molar-refractivity contribution is -0.117. The summed E-state index contributed by atoms with van der Waals surface area (Å²) in [7, 11) is 1.61. The molecule has 5 nitrogen and oxygen atoms in total. The highest BCUT2D eigenvalue weighted by molar-refractivity contribution is 7.14. The first-order chi connectivity index (χ1) is 8.19. The van der Waals surface area contributed by atoms with Crippen LogP contribution in [0.25, 0.3) is 0 Å². The molecule has 0 aliphatic rings. The highest BCUT2D eigenvalue weighted by Crippen LogP contribution is 2.22. The van der Waals surface area contributed by atoms with Gasteiger partial charge in [-0.05, 0) is 24.3 Å². The van der Waals surface area contributed by atoms with Crippen LogP contribution in [0.15, 0.2) is 11.4 Å². The third-order valence-corrected chi connectivity index (χ3v) is 3.05. The number of rotatable bonds is 6. The average Bonchev–Trinajstić information content (AvgIpc) is 2.76. The zero-order valence-corrected chi connectivity index (χ0v) is 10.4. The Morgan fingerprint density at radius 1 is 1.76 bits per heavy atom. The summed E-state index contributed by atoms with van der Waals surface area (Å²) in [6, 6.07) is 3.10. The van der Waals surface area contributed by atoms with Crippen LogP contribution in [0.1, 0.15) is 18.4 Å². The van der Waals surface area contributed by atoms with Crippen LogP contribution in [0.2, 0.25) is 0 Å². The predicted molar refractivity (Wildman–Crippen MR) is 66.7 cm³/mol. The molecule has 1 heterocycles. The average molecular weight is 253 g/mol. The van der Waals surface area contributed by atoms with E-state index in [4.69, 9.17) is 15.7 Å². The van der Waals surface area contributed by atoms with Crippen LogP contribution >= 0.6 is 11.3 Å². The zero-order chi connectivity index (χ0) is 12.7. The van der Waals surface area contributed by atoms with Crippen molar-refractivity contribution in [2.24, 2.45) is 5.73 Å². The van der Waals surface area contributed by atoms with E-state index in [9.17, 15) is 4.79 Å². The van der Waals surface area contributed by atoms with Crippen LogP contribution in [0.4, 0.5) is 5.00 Å². The number of anilines is 1. The Morgan fingerprint density at radius 3 is 3.18 bits per heavy atom. The molecule has 0 bridgehead atoms. The van der Waals surface area contributed by atoms with Crippen molar-refractivity contribution in [1.82, 2.24) is 0 Å². The second kappa shape index (κ2) is 7.01. The number of amides is 1. The van der Waals surface area contributed by atoms with Crippen molar-refractivity contribution in [2.75, 3.05) is 19.0 Å². The number of carbonyl (C=O) groups is 1. The minimum Gasteiger partial charge on any atom is -0.385 e. The molecule has 17 heavy (non-hydrogen) atoms. The van der Waals surface area contributed by atoms with E-state index in [0.29, 0.717) is 23.6 Å². The normalized spacial score (nSPS) is 11.8. The Hall–Kier alpha value is -1.42. The van der Waals surface area contributed by atoms with Crippen molar-refractivity contribution >= 4 is 22.2 Å². The molecule has 1 amide bonds. The Bertz CT molecular complexity index is 411. The van der Waals surface area contributed by atoms with Crippen molar-refractivity contribution in [3.8, 4) is 6.07 Å². The van der Waals surface area contributed by atoms with E-state index in [-0.39, 0.29) is 5.91 Å². The predicted octanol–water partition coefficient (Wildman–Crippen LogP) is 1.31. The number of methoxy groups -OCH3 is 1. The first-order valence-corrected chi connectivity index (χ1v) is 6.10. The van der Waals surface area contributed by atoms with Gasteiger partial charge in [-0.25, -0.2) is 0 Å². The molecule has 0 aliphatic heterocycles. The van der Waals surface area contributed by atoms with E-state index in [2.05, 4.69) is 5.32 Å². The van der Waals surface area contributed by atoms with Crippen LogP contribution in [-0.2, 0) is 9.53 Å². The van der Waals surface area contributed by atoms with E-state index in [1.54, 1.807) is 18.6 Å². The Balaban J connectivity index is 2.46. The molecule has 1 unspecified atom stereocenters. The third kappa shape index (κ3) is 4.15. The Kier molecular flexibility index (Phi) is 5.63. The molecule has 0 fully saturated rings. The van der Waals surface area contributed by atoms with Crippen molar-refractivity contribution in [3.05, 3.63) is 17.0 Å². The Labute approximate surface area is 104 Å².